The van der Waals surface area contributed by atoms with Crippen LogP contribution in [0.25, 0.3) is 11.4 Å². The van der Waals surface area contributed by atoms with Crippen LogP contribution in [-0.4, -0.2) is 21.2 Å². The Labute approximate surface area is 93.1 Å². The van der Waals surface area contributed by atoms with Gasteiger partial charge in [0, 0.05) is 24.2 Å². The molecular weight excluding hydrogens is 200 g/mol. The molecule has 0 saturated heterocycles. The van der Waals surface area contributed by atoms with E-state index in [1.807, 2.05) is 25.4 Å². The van der Waals surface area contributed by atoms with E-state index in [-0.39, 0.29) is 0 Å². The standard InChI is InChI=1S/C12H10N4/c1-8-3-13-7-12(16-8)11-2-9-4-14-5-10(9)6-15-11/h2-3,5-7H,4H2,1H3. The summed E-state index contributed by atoms with van der Waals surface area (Å²) in [7, 11) is 0. The first kappa shape index (κ1) is 9.15. The summed E-state index contributed by atoms with van der Waals surface area (Å²) in [6, 6.07) is 2.03. The van der Waals surface area contributed by atoms with Crippen molar-refractivity contribution >= 4 is 6.21 Å². The van der Waals surface area contributed by atoms with Crippen LogP contribution in [0.1, 0.15) is 16.8 Å². The van der Waals surface area contributed by atoms with Gasteiger partial charge >= 0.3 is 0 Å². The Morgan fingerprint density at radius 3 is 2.94 bits per heavy atom. The number of fused-ring (bicyclic) bond motifs is 1. The molecule has 2 aromatic rings. The minimum absolute atomic E-state index is 0.740. The average molecular weight is 210 g/mol. The van der Waals surface area contributed by atoms with Crippen LogP contribution in [0.3, 0.4) is 0 Å². The number of hydrogen-bond acceptors (Lipinski definition) is 4. The molecule has 1 aliphatic rings. The maximum Gasteiger partial charge on any atom is 0.107 e. The van der Waals surface area contributed by atoms with Crippen LogP contribution in [0, 0.1) is 6.92 Å². The fourth-order valence-corrected chi connectivity index (χ4v) is 1.73. The SMILES string of the molecule is Cc1cncc(-c2cc3c(cn2)C=NC3)n1. The molecule has 0 amide bonds. The molecule has 78 valence electrons. The molecule has 0 radical (unpaired) electrons. The van der Waals surface area contributed by atoms with Gasteiger partial charge in [0.1, 0.15) is 5.69 Å². The first-order chi connectivity index (χ1) is 7.83. The van der Waals surface area contributed by atoms with Crippen molar-refractivity contribution in [3.63, 3.8) is 0 Å². The van der Waals surface area contributed by atoms with E-state index in [2.05, 4.69) is 19.9 Å². The minimum atomic E-state index is 0.740. The Morgan fingerprint density at radius 1 is 1.12 bits per heavy atom. The second-order valence-corrected chi connectivity index (χ2v) is 3.78. The Balaban J connectivity index is 2.08. The summed E-state index contributed by atoms with van der Waals surface area (Å²) in [5.74, 6) is 0. The molecule has 3 heterocycles. The quantitative estimate of drug-likeness (QED) is 0.720. The molecule has 0 atom stereocenters. The third kappa shape index (κ3) is 1.48. The first-order valence-corrected chi connectivity index (χ1v) is 5.11. The number of hydrogen-bond donors (Lipinski definition) is 0. The number of rotatable bonds is 1. The van der Waals surface area contributed by atoms with Crippen molar-refractivity contribution in [1.29, 1.82) is 0 Å². The van der Waals surface area contributed by atoms with Crippen molar-refractivity contribution in [2.24, 2.45) is 4.99 Å². The van der Waals surface area contributed by atoms with E-state index >= 15 is 0 Å². The van der Waals surface area contributed by atoms with Crippen LogP contribution in [-0.2, 0) is 6.54 Å². The maximum atomic E-state index is 4.40. The predicted molar refractivity (Wildman–Crippen MR) is 61.3 cm³/mol. The van der Waals surface area contributed by atoms with E-state index in [1.54, 1.807) is 12.4 Å². The maximum absolute atomic E-state index is 4.40. The highest BCUT2D eigenvalue weighted by Gasteiger charge is 2.09. The highest BCUT2D eigenvalue weighted by molar-refractivity contribution is 5.84. The lowest BCUT2D eigenvalue weighted by Gasteiger charge is -2.02. The van der Waals surface area contributed by atoms with Gasteiger partial charge in [0.05, 0.1) is 24.1 Å². The summed E-state index contributed by atoms with van der Waals surface area (Å²) in [5, 5.41) is 0. The topological polar surface area (TPSA) is 51.0 Å². The van der Waals surface area contributed by atoms with Crippen LogP contribution in [0.2, 0.25) is 0 Å². The molecule has 4 heteroatoms. The monoisotopic (exact) mass is 210 g/mol. The molecule has 4 nitrogen and oxygen atoms in total. The summed E-state index contributed by atoms with van der Waals surface area (Å²) in [6.45, 7) is 2.66. The lowest BCUT2D eigenvalue weighted by Crippen LogP contribution is -1.94. The van der Waals surface area contributed by atoms with Crippen LogP contribution < -0.4 is 0 Å². The van der Waals surface area contributed by atoms with Gasteiger partial charge < -0.3 is 0 Å². The van der Waals surface area contributed by atoms with Gasteiger partial charge in [0.15, 0.2) is 0 Å². The van der Waals surface area contributed by atoms with Gasteiger partial charge in [0.2, 0.25) is 0 Å². The fraction of sp³-hybridized carbons (Fsp3) is 0.167. The molecule has 0 spiro atoms. The Hall–Kier alpha value is -2.10. The summed E-state index contributed by atoms with van der Waals surface area (Å²) in [4.78, 5) is 17.1. The second kappa shape index (κ2) is 3.48. The first-order valence-electron chi connectivity index (χ1n) is 5.11. The molecule has 16 heavy (non-hydrogen) atoms. The van der Waals surface area contributed by atoms with Crippen molar-refractivity contribution in [1.82, 2.24) is 15.0 Å². The van der Waals surface area contributed by atoms with Crippen molar-refractivity contribution in [2.45, 2.75) is 13.5 Å². The number of nitrogens with zero attached hydrogens (tertiary/aromatic N) is 4. The van der Waals surface area contributed by atoms with Gasteiger partial charge in [-0.05, 0) is 18.6 Å². The van der Waals surface area contributed by atoms with E-state index in [0.29, 0.717) is 0 Å². The van der Waals surface area contributed by atoms with Crippen LogP contribution in [0.15, 0.2) is 29.6 Å². The zero-order valence-electron chi connectivity index (χ0n) is 8.88. The Morgan fingerprint density at radius 2 is 2.06 bits per heavy atom. The molecule has 0 aromatic carbocycles. The summed E-state index contributed by atoms with van der Waals surface area (Å²) < 4.78 is 0. The molecule has 0 bridgehead atoms. The molecule has 0 N–H and O–H groups in total. The lowest BCUT2D eigenvalue weighted by atomic mass is 10.1. The normalized spacial score (nSPS) is 12.8. The minimum Gasteiger partial charge on any atom is -0.288 e. The lowest BCUT2D eigenvalue weighted by molar-refractivity contribution is 1.08. The molecular formula is C12H10N4. The average Bonchev–Trinajstić information content (AvgIpc) is 2.75. The molecule has 1 aliphatic heterocycles. The van der Waals surface area contributed by atoms with E-state index in [9.17, 15) is 0 Å². The largest absolute Gasteiger partial charge is 0.288 e. The Bertz CT molecular complexity index is 575. The zero-order valence-corrected chi connectivity index (χ0v) is 8.88. The van der Waals surface area contributed by atoms with E-state index < -0.39 is 0 Å². The van der Waals surface area contributed by atoms with E-state index in [4.69, 9.17) is 0 Å². The molecule has 0 fully saturated rings. The van der Waals surface area contributed by atoms with Crippen LogP contribution in [0.4, 0.5) is 0 Å². The summed E-state index contributed by atoms with van der Waals surface area (Å²) in [5.41, 5.74) is 4.88. The molecule has 0 saturated carbocycles. The van der Waals surface area contributed by atoms with Crippen molar-refractivity contribution in [3.05, 3.63) is 41.5 Å². The van der Waals surface area contributed by atoms with E-state index in [0.717, 1.165) is 29.2 Å². The smallest absolute Gasteiger partial charge is 0.107 e. The molecule has 0 aliphatic carbocycles. The van der Waals surface area contributed by atoms with Crippen LogP contribution >= 0.6 is 0 Å². The second-order valence-electron chi connectivity index (χ2n) is 3.78. The highest BCUT2D eigenvalue weighted by Crippen LogP contribution is 2.20. The summed E-state index contributed by atoms with van der Waals surface area (Å²) >= 11 is 0. The number of pyridine rings is 1. The number of aromatic nitrogens is 3. The number of aryl methyl sites for hydroxylation is 1. The predicted octanol–water partition coefficient (Wildman–Crippen LogP) is 1.78. The molecule has 2 aromatic heterocycles. The third-order valence-electron chi connectivity index (χ3n) is 2.53. The highest BCUT2D eigenvalue weighted by atomic mass is 14.8. The van der Waals surface area contributed by atoms with Crippen molar-refractivity contribution in [2.75, 3.05) is 0 Å². The van der Waals surface area contributed by atoms with Crippen LogP contribution in [0.5, 0.6) is 0 Å². The Kier molecular flexibility index (Phi) is 1.99. The van der Waals surface area contributed by atoms with E-state index in [1.165, 1.54) is 5.56 Å². The molecule has 0 unspecified atom stereocenters. The van der Waals surface area contributed by atoms with Gasteiger partial charge in [-0.3, -0.25) is 15.0 Å². The van der Waals surface area contributed by atoms with Crippen molar-refractivity contribution < 1.29 is 0 Å². The third-order valence-corrected chi connectivity index (χ3v) is 2.53. The van der Waals surface area contributed by atoms with Gasteiger partial charge in [-0.1, -0.05) is 0 Å². The van der Waals surface area contributed by atoms with Gasteiger partial charge in [0.25, 0.3) is 0 Å². The number of aliphatic imine (C=N–C) groups is 1. The van der Waals surface area contributed by atoms with Crippen molar-refractivity contribution in [3.8, 4) is 11.4 Å². The van der Waals surface area contributed by atoms with Gasteiger partial charge in [-0.15, -0.1) is 0 Å². The van der Waals surface area contributed by atoms with Gasteiger partial charge in [-0.2, -0.15) is 0 Å². The zero-order chi connectivity index (χ0) is 11.0. The van der Waals surface area contributed by atoms with Gasteiger partial charge in [-0.25, -0.2) is 4.98 Å². The molecule has 3 rings (SSSR count). The summed E-state index contributed by atoms with van der Waals surface area (Å²) in [6.07, 6.45) is 7.16. The fourth-order valence-electron chi connectivity index (χ4n) is 1.73.